The van der Waals surface area contributed by atoms with Crippen molar-refractivity contribution in [3.05, 3.63) is 0 Å². The van der Waals surface area contributed by atoms with Gasteiger partial charge in [0.25, 0.3) is 0 Å². The zero-order valence-corrected chi connectivity index (χ0v) is 12.1. The Kier molecular flexibility index (Phi) is 4.80. The second-order valence-electron chi connectivity index (χ2n) is 5.85. The molecule has 0 bridgehead atoms. The molecule has 2 fully saturated rings. The van der Waals surface area contributed by atoms with Crippen LogP contribution in [-0.2, 0) is 9.59 Å². The highest BCUT2D eigenvalue weighted by atomic mass is 16.2. The minimum atomic E-state index is 0.135. The van der Waals surface area contributed by atoms with Gasteiger partial charge < -0.3 is 9.80 Å². The highest BCUT2D eigenvalue weighted by Crippen LogP contribution is 2.16. The van der Waals surface area contributed by atoms with Gasteiger partial charge in [-0.2, -0.15) is 0 Å². The fraction of sp³-hybridized carbons (Fsp3) is 0.857. The lowest BCUT2D eigenvalue weighted by Gasteiger charge is -2.36. The van der Waals surface area contributed by atoms with E-state index in [9.17, 15) is 9.59 Å². The van der Waals surface area contributed by atoms with Gasteiger partial charge >= 0.3 is 0 Å². The predicted molar refractivity (Wildman–Crippen MR) is 73.7 cm³/mol. The Bertz CT molecular complexity index is 330. The van der Waals surface area contributed by atoms with Gasteiger partial charge in [0.2, 0.25) is 11.8 Å². The van der Waals surface area contributed by atoms with Crippen molar-refractivity contribution in [3.8, 4) is 0 Å². The number of hydrogen-bond acceptors (Lipinski definition) is 3. The number of piperidine rings is 1. The molecule has 19 heavy (non-hydrogen) atoms. The summed E-state index contributed by atoms with van der Waals surface area (Å²) in [7, 11) is 0. The number of carbonyl (C=O) groups excluding carboxylic acids is 2. The molecule has 0 saturated carbocycles. The number of nitrogens with zero attached hydrogens (tertiary/aromatic N) is 3. The monoisotopic (exact) mass is 267 g/mol. The standard InChI is InChI=1S/C14H25N3O2/c1-12-3-5-17(6-4-12)14(19)11-15-7-9-16(10-8-15)13(2)18/h12H,3-11H2,1-2H3. The van der Waals surface area contributed by atoms with E-state index in [2.05, 4.69) is 11.8 Å². The van der Waals surface area contributed by atoms with E-state index >= 15 is 0 Å². The Morgan fingerprint density at radius 3 is 2.05 bits per heavy atom. The average molecular weight is 267 g/mol. The summed E-state index contributed by atoms with van der Waals surface area (Å²) in [5.41, 5.74) is 0. The van der Waals surface area contributed by atoms with Gasteiger partial charge in [0.1, 0.15) is 0 Å². The van der Waals surface area contributed by atoms with Crippen molar-refractivity contribution in [1.82, 2.24) is 14.7 Å². The summed E-state index contributed by atoms with van der Waals surface area (Å²) in [6.07, 6.45) is 2.26. The van der Waals surface area contributed by atoms with Crippen LogP contribution in [0.3, 0.4) is 0 Å². The number of likely N-dealkylation sites (tertiary alicyclic amines) is 1. The Balaban J connectivity index is 1.73. The molecule has 108 valence electrons. The lowest BCUT2D eigenvalue weighted by atomic mass is 9.99. The summed E-state index contributed by atoms with van der Waals surface area (Å²) in [5.74, 6) is 1.14. The van der Waals surface area contributed by atoms with Crippen molar-refractivity contribution in [2.45, 2.75) is 26.7 Å². The van der Waals surface area contributed by atoms with Gasteiger partial charge in [-0.3, -0.25) is 14.5 Å². The lowest BCUT2D eigenvalue weighted by molar-refractivity contribution is -0.135. The summed E-state index contributed by atoms with van der Waals surface area (Å²) in [6.45, 7) is 9.32. The van der Waals surface area contributed by atoms with Crippen LogP contribution >= 0.6 is 0 Å². The van der Waals surface area contributed by atoms with E-state index in [1.807, 2.05) is 9.80 Å². The Morgan fingerprint density at radius 1 is 0.947 bits per heavy atom. The van der Waals surface area contributed by atoms with E-state index in [4.69, 9.17) is 0 Å². The van der Waals surface area contributed by atoms with Gasteiger partial charge in [0.05, 0.1) is 6.54 Å². The topological polar surface area (TPSA) is 43.9 Å². The van der Waals surface area contributed by atoms with Gasteiger partial charge in [0.15, 0.2) is 0 Å². The highest BCUT2D eigenvalue weighted by molar-refractivity contribution is 5.78. The van der Waals surface area contributed by atoms with Crippen LogP contribution in [-0.4, -0.2) is 72.3 Å². The zero-order chi connectivity index (χ0) is 13.8. The van der Waals surface area contributed by atoms with Gasteiger partial charge in [-0.1, -0.05) is 6.92 Å². The molecule has 0 aromatic carbocycles. The summed E-state index contributed by atoms with van der Waals surface area (Å²) in [4.78, 5) is 29.4. The van der Waals surface area contributed by atoms with Gasteiger partial charge in [-0.15, -0.1) is 0 Å². The molecule has 0 aliphatic carbocycles. The fourth-order valence-electron chi connectivity index (χ4n) is 2.77. The number of piperazine rings is 1. The Labute approximate surface area is 115 Å². The van der Waals surface area contributed by atoms with Crippen LogP contribution in [0.5, 0.6) is 0 Å². The molecule has 5 nitrogen and oxygen atoms in total. The van der Waals surface area contributed by atoms with Crippen LogP contribution in [0.15, 0.2) is 0 Å². The molecule has 2 heterocycles. The first kappa shape index (κ1) is 14.3. The first-order valence-corrected chi connectivity index (χ1v) is 7.32. The largest absolute Gasteiger partial charge is 0.342 e. The van der Waals surface area contributed by atoms with Crippen LogP contribution in [0.1, 0.15) is 26.7 Å². The van der Waals surface area contributed by atoms with Crippen molar-refractivity contribution in [2.75, 3.05) is 45.8 Å². The summed E-state index contributed by atoms with van der Waals surface area (Å²) in [5, 5.41) is 0. The SMILES string of the molecule is CC(=O)N1CCN(CC(=O)N2CCC(C)CC2)CC1. The average Bonchev–Trinajstić information content (AvgIpc) is 2.40. The maximum atomic E-state index is 12.2. The quantitative estimate of drug-likeness (QED) is 0.728. The number of carbonyl (C=O) groups is 2. The lowest BCUT2D eigenvalue weighted by Crippen LogP contribution is -2.51. The molecule has 0 N–H and O–H groups in total. The van der Waals surface area contributed by atoms with Crippen LogP contribution in [0.25, 0.3) is 0 Å². The van der Waals surface area contributed by atoms with E-state index in [1.165, 1.54) is 0 Å². The second-order valence-corrected chi connectivity index (χ2v) is 5.85. The van der Waals surface area contributed by atoms with Crippen molar-refractivity contribution in [2.24, 2.45) is 5.92 Å². The molecule has 5 heteroatoms. The molecule has 0 radical (unpaired) electrons. The molecular formula is C14H25N3O2. The van der Waals surface area contributed by atoms with E-state index in [0.29, 0.717) is 6.54 Å². The van der Waals surface area contributed by atoms with Gasteiger partial charge in [0, 0.05) is 46.2 Å². The van der Waals surface area contributed by atoms with Crippen molar-refractivity contribution < 1.29 is 9.59 Å². The Hall–Kier alpha value is -1.10. The van der Waals surface area contributed by atoms with Crippen molar-refractivity contribution in [1.29, 1.82) is 0 Å². The highest BCUT2D eigenvalue weighted by Gasteiger charge is 2.24. The van der Waals surface area contributed by atoms with E-state index in [-0.39, 0.29) is 11.8 Å². The van der Waals surface area contributed by atoms with Crippen LogP contribution in [0.4, 0.5) is 0 Å². The minimum absolute atomic E-state index is 0.135. The Morgan fingerprint density at radius 2 is 1.53 bits per heavy atom. The van der Waals surface area contributed by atoms with Gasteiger partial charge in [-0.25, -0.2) is 0 Å². The third kappa shape index (κ3) is 3.93. The smallest absolute Gasteiger partial charge is 0.236 e. The molecule has 2 amide bonds. The van der Waals surface area contributed by atoms with E-state index in [1.54, 1.807) is 6.92 Å². The van der Waals surface area contributed by atoms with Crippen LogP contribution in [0.2, 0.25) is 0 Å². The molecule has 0 atom stereocenters. The van der Waals surface area contributed by atoms with Crippen molar-refractivity contribution in [3.63, 3.8) is 0 Å². The second kappa shape index (κ2) is 6.37. The van der Waals surface area contributed by atoms with E-state index < -0.39 is 0 Å². The molecular weight excluding hydrogens is 242 g/mol. The zero-order valence-electron chi connectivity index (χ0n) is 12.1. The number of rotatable bonds is 2. The normalized spacial score (nSPS) is 22.6. The van der Waals surface area contributed by atoms with Crippen LogP contribution < -0.4 is 0 Å². The molecule has 2 aliphatic rings. The molecule has 0 unspecified atom stereocenters. The third-order valence-corrected chi connectivity index (χ3v) is 4.31. The molecule has 0 aromatic heterocycles. The summed E-state index contributed by atoms with van der Waals surface area (Å²) >= 11 is 0. The summed E-state index contributed by atoms with van der Waals surface area (Å²) in [6, 6.07) is 0. The molecule has 0 spiro atoms. The molecule has 2 saturated heterocycles. The van der Waals surface area contributed by atoms with Crippen molar-refractivity contribution >= 4 is 11.8 Å². The fourth-order valence-corrected chi connectivity index (χ4v) is 2.77. The third-order valence-electron chi connectivity index (χ3n) is 4.31. The maximum Gasteiger partial charge on any atom is 0.236 e. The van der Waals surface area contributed by atoms with Crippen LogP contribution in [0, 0.1) is 5.92 Å². The predicted octanol–water partition coefficient (Wildman–Crippen LogP) is 0.409. The summed E-state index contributed by atoms with van der Waals surface area (Å²) < 4.78 is 0. The number of hydrogen-bond donors (Lipinski definition) is 0. The van der Waals surface area contributed by atoms with Gasteiger partial charge in [-0.05, 0) is 18.8 Å². The number of amides is 2. The minimum Gasteiger partial charge on any atom is -0.342 e. The first-order chi connectivity index (χ1) is 9.06. The first-order valence-electron chi connectivity index (χ1n) is 7.32. The molecule has 0 aromatic rings. The van der Waals surface area contributed by atoms with E-state index in [0.717, 1.165) is 58.0 Å². The maximum absolute atomic E-state index is 12.2. The molecule has 2 rings (SSSR count). The molecule has 2 aliphatic heterocycles.